The maximum absolute atomic E-state index is 5.50. The second kappa shape index (κ2) is 17.0. The highest BCUT2D eigenvalue weighted by atomic mass is 15.1. The lowest BCUT2D eigenvalue weighted by Crippen LogP contribution is -2.19. The summed E-state index contributed by atoms with van der Waals surface area (Å²) in [5.41, 5.74) is 11.8. The van der Waals surface area contributed by atoms with Crippen LogP contribution in [0, 0.1) is 33.1 Å². The van der Waals surface area contributed by atoms with E-state index in [1.54, 1.807) is 0 Å². The highest BCUT2D eigenvalue weighted by Crippen LogP contribution is 2.20. The van der Waals surface area contributed by atoms with Crippen molar-refractivity contribution >= 4 is 13.4 Å². The van der Waals surface area contributed by atoms with Gasteiger partial charge in [0.1, 0.15) is 6.17 Å². The van der Waals surface area contributed by atoms with Crippen LogP contribution >= 0.6 is 0 Å². The molecule has 0 aliphatic carbocycles. The van der Waals surface area contributed by atoms with Crippen LogP contribution in [0.15, 0.2) is 115 Å². The Hall–Kier alpha value is -5.80. The Labute approximate surface area is 276 Å². The number of rotatable bonds is 8. The predicted octanol–water partition coefficient (Wildman–Crippen LogP) is 7.73. The fourth-order valence-electron chi connectivity index (χ4n) is 4.38. The summed E-state index contributed by atoms with van der Waals surface area (Å²) >= 11 is 0. The lowest BCUT2D eigenvalue weighted by atomic mass is 10.1. The fourth-order valence-corrected chi connectivity index (χ4v) is 4.38. The minimum absolute atomic E-state index is 0.258. The molecule has 0 saturated carbocycles. The van der Waals surface area contributed by atoms with Gasteiger partial charge in [0.2, 0.25) is 0 Å². The largest absolute Gasteiger partial charge is 0.317 e. The van der Waals surface area contributed by atoms with Crippen LogP contribution in [0.1, 0.15) is 39.5 Å². The van der Waals surface area contributed by atoms with Gasteiger partial charge in [-0.1, -0.05) is 36.4 Å². The minimum atomic E-state index is -0.258. The fraction of sp³-hybridized carbons (Fsp3) is 0.158. The monoisotopic (exact) mass is 621 g/mol. The van der Waals surface area contributed by atoms with Crippen LogP contribution in [0.4, 0.5) is 0 Å². The van der Waals surface area contributed by atoms with Gasteiger partial charge in [0.15, 0.2) is 0 Å². The van der Waals surface area contributed by atoms with E-state index in [1.165, 1.54) is 11.1 Å². The molecule has 6 heterocycles. The molecule has 47 heavy (non-hydrogen) atoms. The quantitative estimate of drug-likeness (QED) is 0.167. The first-order valence-corrected chi connectivity index (χ1v) is 15.0. The van der Waals surface area contributed by atoms with Gasteiger partial charge in [0, 0.05) is 49.3 Å². The maximum Gasteiger partial charge on any atom is 0.126 e. The number of aromatic nitrogens is 6. The zero-order valence-corrected chi connectivity index (χ0v) is 27.2. The Morgan fingerprint density at radius 2 is 0.851 bits per heavy atom. The Bertz CT molecular complexity index is 1780. The Kier molecular flexibility index (Phi) is 12.4. The van der Waals surface area contributed by atoms with Crippen molar-refractivity contribution < 1.29 is 0 Å². The summed E-state index contributed by atoms with van der Waals surface area (Å²) in [6.45, 7) is 14.9. The summed E-state index contributed by atoms with van der Waals surface area (Å²) in [6.07, 6.45) is 10.8. The van der Waals surface area contributed by atoms with Crippen molar-refractivity contribution in [1.82, 2.24) is 35.2 Å². The number of aryl methyl sites for hydroxylation is 4. The molecular formula is C38H39N9. The molecule has 0 saturated heterocycles. The molecule has 0 aliphatic rings. The van der Waals surface area contributed by atoms with E-state index in [2.05, 4.69) is 53.6 Å². The van der Waals surface area contributed by atoms with Gasteiger partial charge in [0.25, 0.3) is 0 Å². The van der Waals surface area contributed by atoms with Crippen LogP contribution in [0.2, 0.25) is 0 Å². The molecule has 0 bridgehead atoms. The van der Waals surface area contributed by atoms with E-state index in [-0.39, 0.29) is 6.17 Å². The van der Waals surface area contributed by atoms with Crippen molar-refractivity contribution in [3.05, 3.63) is 143 Å². The highest BCUT2D eigenvalue weighted by molar-refractivity contribution is 5.55. The maximum atomic E-state index is 5.50. The summed E-state index contributed by atoms with van der Waals surface area (Å²) in [5.74, 6) is 0. The number of nitrogens with one attached hydrogen (secondary N) is 2. The van der Waals surface area contributed by atoms with Gasteiger partial charge in [-0.3, -0.25) is 40.2 Å². The van der Waals surface area contributed by atoms with E-state index in [0.29, 0.717) is 6.54 Å². The molecule has 9 nitrogen and oxygen atoms in total. The number of nitrogens with zero attached hydrogens (tertiary/aromatic N) is 7. The third-order valence-corrected chi connectivity index (χ3v) is 7.04. The molecule has 0 amide bonds. The topological polar surface area (TPSA) is 126 Å². The SMILES string of the molecule is C=N.C=NC(NCc1ccc(-c2ccc(C)cn2)nc1)c1ccc(-c2ccc(C)cn2)nc1.Cc1ccc(-c2ccc(C)cn2)nc1. The molecule has 0 fully saturated rings. The second-order valence-electron chi connectivity index (χ2n) is 10.9. The summed E-state index contributed by atoms with van der Waals surface area (Å²) in [7, 11) is 0. The molecule has 6 rings (SSSR count). The van der Waals surface area contributed by atoms with Gasteiger partial charge in [0.05, 0.1) is 34.2 Å². The summed E-state index contributed by atoms with van der Waals surface area (Å²) < 4.78 is 0. The first-order valence-electron chi connectivity index (χ1n) is 15.0. The van der Waals surface area contributed by atoms with Gasteiger partial charge in [-0.05, 0) is 105 Å². The normalized spacial score (nSPS) is 10.9. The summed E-state index contributed by atoms with van der Waals surface area (Å²) in [4.78, 5) is 30.8. The number of hydrogen-bond acceptors (Lipinski definition) is 9. The predicted molar refractivity (Wildman–Crippen MR) is 190 cm³/mol. The van der Waals surface area contributed by atoms with Crippen LogP contribution in [-0.4, -0.2) is 43.3 Å². The van der Waals surface area contributed by atoms with E-state index in [0.717, 1.165) is 56.4 Å². The second-order valence-corrected chi connectivity index (χ2v) is 10.9. The van der Waals surface area contributed by atoms with Crippen LogP contribution in [0.3, 0.4) is 0 Å². The molecule has 1 atom stereocenters. The van der Waals surface area contributed by atoms with E-state index < -0.39 is 0 Å². The van der Waals surface area contributed by atoms with Crippen LogP contribution < -0.4 is 5.32 Å². The molecule has 2 N–H and O–H groups in total. The number of aliphatic imine (C=N–C) groups is 1. The zero-order valence-electron chi connectivity index (χ0n) is 27.2. The molecule has 0 spiro atoms. The minimum Gasteiger partial charge on any atom is -0.317 e. The van der Waals surface area contributed by atoms with Crippen LogP contribution in [0.5, 0.6) is 0 Å². The standard InChI is InChI=1S/C25H24N6.C12H12N2.CH3N/c1-17-4-8-21(27-12-17)23-10-6-19(14-29-23)15-31-25(26-3)20-7-11-24(30-16-20)22-9-5-18(2)13-28-22;1-9-3-5-11(13-7-9)12-6-4-10(2)8-14-12;1-2/h4-14,16,25,31H,3,15H2,1-2H3;3-8H,1-2H3;2H,1H2. The Morgan fingerprint density at radius 1 is 0.511 bits per heavy atom. The molecular weight excluding hydrogens is 582 g/mol. The van der Waals surface area contributed by atoms with Gasteiger partial charge >= 0.3 is 0 Å². The van der Waals surface area contributed by atoms with Gasteiger partial charge in [-0.25, -0.2) is 0 Å². The summed E-state index contributed by atoms with van der Waals surface area (Å²) in [6, 6.07) is 24.1. The van der Waals surface area contributed by atoms with E-state index >= 15 is 0 Å². The molecule has 1 unspecified atom stereocenters. The smallest absolute Gasteiger partial charge is 0.126 e. The van der Waals surface area contributed by atoms with E-state index in [9.17, 15) is 0 Å². The number of pyridine rings is 6. The van der Waals surface area contributed by atoms with Crippen LogP contribution in [0.25, 0.3) is 34.2 Å². The van der Waals surface area contributed by atoms with Crippen molar-refractivity contribution in [2.24, 2.45) is 4.99 Å². The van der Waals surface area contributed by atoms with Crippen LogP contribution in [-0.2, 0) is 6.54 Å². The molecule has 6 aromatic heterocycles. The lowest BCUT2D eigenvalue weighted by Gasteiger charge is -2.15. The van der Waals surface area contributed by atoms with Gasteiger partial charge in [-0.15, -0.1) is 0 Å². The average molecular weight is 622 g/mol. The van der Waals surface area contributed by atoms with Crippen molar-refractivity contribution in [1.29, 1.82) is 5.41 Å². The van der Waals surface area contributed by atoms with Crippen molar-refractivity contribution in [2.75, 3.05) is 0 Å². The molecule has 236 valence electrons. The molecule has 0 radical (unpaired) electrons. The highest BCUT2D eigenvalue weighted by Gasteiger charge is 2.10. The van der Waals surface area contributed by atoms with Crippen molar-refractivity contribution in [2.45, 2.75) is 40.4 Å². The van der Waals surface area contributed by atoms with E-state index in [1.807, 2.05) is 138 Å². The molecule has 9 heteroatoms. The number of hydrogen-bond donors (Lipinski definition) is 2. The zero-order chi connectivity index (χ0) is 33.6. The van der Waals surface area contributed by atoms with E-state index in [4.69, 9.17) is 5.41 Å². The molecule has 0 aromatic carbocycles. The van der Waals surface area contributed by atoms with Crippen molar-refractivity contribution in [3.63, 3.8) is 0 Å². The first-order chi connectivity index (χ1) is 22.9. The van der Waals surface area contributed by atoms with Gasteiger partial charge in [-0.2, -0.15) is 0 Å². The molecule has 0 aliphatic heterocycles. The summed E-state index contributed by atoms with van der Waals surface area (Å²) in [5, 5.41) is 8.89. The third kappa shape index (κ3) is 9.84. The third-order valence-electron chi connectivity index (χ3n) is 7.04. The molecule has 6 aromatic rings. The first kappa shape index (κ1) is 34.1. The van der Waals surface area contributed by atoms with Crippen molar-refractivity contribution in [3.8, 4) is 34.2 Å². The Balaban J connectivity index is 0.000000260. The average Bonchev–Trinajstić information content (AvgIpc) is 3.12. The Morgan fingerprint density at radius 3 is 1.13 bits per heavy atom. The van der Waals surface area contributed by atoms with Gasteiger partial charge < -0.3 is 5.41 Å². The lowest BCUT2D eigenvalue weighted by molar-refractivity contribution is 0.555.